The summed E-state index contributed by atoms with van der Waals surface area (Å²) in [5, 5.41) is 11.7. The van der Waals surface area contributed by atoms with Crippen LogP contribution in [0.15, 0.2) is 18.2 Å². The zero-order valence-electron chi connectivity index (χ0n) is 9.28. The van der Waals surface area contributed by atoms with Crippen molar-refractivity contribution < 1.29 is 19.0 Å². The summed E-state index contributed by atoms with van der Waals surface area (Å²) in [6.45, 7) is 1.60. The van der Waals surface area contributed by atoms with E-state index < -0.39 is 11.8 Å². The normalized spacial score (nSPS) is 19.2. The van der Waals surface area contributed by atoms with Gasteiger partial charge in [0, 0.05) is 6.54 Å². The van der Waals surface area contributed by atoms with Crippen molar-refractivity contribution in [3.05, 3.63) is 29.6 Å². The quantitative estimate of drug-likeness (QED) is 0.828. The summed E-state index contributed by atoms with van der Waals surface area (Å²) in [6.07, 6.45) is 0.674. The maximum Gasteiger partial charge on any atom is 0.307 e. The summed E-state index contributed by atoms with van der Waals surface area (Å²) >= 11 is 0. The molecule has 2 rings (SSSR count). The molecule has 4 nitrogen and oxygen atoms in total. The van der Waals surface area contributed by atoms with E-state index in [2.05, 4.69) is 5.32 Å². The van der Waals surface area contributed by atoms with Gasteiger partial charge in [0.2, 0.25) is 0 Å². The number of rotatable bonds is 4. The van der Waals surface area contributed by atoms with E-state index in [4.69, 9.17) is 9.84 Å². The summed E-state index contributed by atoms with van der Waals surface area (Å²) in [4.78, 5) is 10.5. The van der Waals surface area contributed by atoms with Crippen molar-refractivity contribution in [2.45, 2.75) is 18.9 Å². The van der Waals surface area contributed by atoms with Gasteiger partial charge in [-0.25, -0.2) is 4.39 Å². The molecule has 1 aromatic rings. The minimum atomic E-state index is -0.974. The molecule has 5 heteroatoms. The second-order valence-corrected chi connectivity index (χ2v) is 4.07. The van der Waals surface area contributed by atoms with E-state index in [0.29, 0.717) is 5.56 Å². The zero-order valence-corrected chi connectivity index (χ0v) is 9.28. The highest BCUT2D eigenvalue weighted by Gasteiger charge is 2.17. The molecule has 0 aliphatic carbocycles. The average molecular weight is 239 g/mol. The number of nitrogens with one attached hydrogen (secondary N) is 1. The summed E-state index contributed by atoms with van der Waals surface area (Å²) in [5.41, 5.74) is 0.437. The molecule has 92 valence electrons. The van der Waals surface area contributed by atoms with E-state index in [1.165, 1.54) is 12.1 Å². The van der Waals surface area contributed by atoms with Crippen molar-refractivity contribution >= 4 is 5.97 Å². The van der Waals surface area contributed by atoms with Crippen LogP contribution in [0.25, 0.3) is 0 Å². The van der Waals surface area contributed by atoms with E-state index in [0.717, 1.165) is 19.5 Å². The first-order valence-corrected chi connectivity index (χ1v) is 5.53. The van der Waals surface area contributed by atoms with Gasteiger partial charge in [0.15, 0.2) is 11.6 Å². The van der Waals surface area contributed by atoms with Crippen LogP contribution in [-0.4, -0.2) is 30.3 Å². The Morgan fingerprint density at radius 2 is 2.41 bits per heavy atom. The maximum atomic E-state index is 13.6. The maximum absolute atomic E-state index is 13.6. The average Bonchev–Trinajstić information content (AvgIpc) is 2.74. The smallest absolute Gasteiger partial charge is 0.307 e. The van der Waals surface area contributed by atoms with Gasteiger partial charge in [-0.05, 0) is 30.7 Å². The third-order valence-electron chi connectivity index (χ3n) is 2.66. The van der Waals surface area contributed by atoms with Gasteiger partial charge in [-0.1, -0.05) is 6.07 Å². The van der Waals surface area contributed by atoms with Crippen LogP contribution in [0.1, 0.15) is 12.0 Å². The third-order valence-corrected chi connectivity index (χ3v) is 2.66. The fourth-order valence-electron chi connectivity index (χ4n) is 1.83. The molecule has 1 aromatic carbocycles. The van der Waals surface area contributed by atoms with Crippen molar-refractivity contribution in [1.82, 2.24) is 5.32 Å². The van der Waals surface area contributed by atoms with Crippen molar-refractivity contribution in [3.63, 3.8) is 0 Å². The number of aliphatic carboxylic acids is 1. The lowest BCUT2D eigenvalue weighted by molar-refractivity contribution is -0.136. The first-order valence-electron chi connectivity index (χ1n) is 5.53. The largest absolute Gasteiger partial charge is 0.486 e. The van der Waals surface area contributed by atoms with Crippen molar-refractivity contribution in [2.75, 3.05) is 13.1 Å². The van der Waals surface area contributed by atoms with Gasteiger partial charge in [0.1, 0.15) is 6.10 Å². The van der Waals surface area contributed by atoms with Crippen LogP contribution < -0.4 is 10.1 Å². The van der Waals surface area contributed by atoms with Gasteiger partial charge >= 0.3 is 5.97 Å². The second-order valence-electron chi connectivity index (χ2n) is 4.07. The fraction of sp³-hybridized carbons (Fsp3) is 0.417. The summed E-state index contributed by atoms with van der Waals surface area (Å²) in [6, 6.07) is 4.28. The molecule has 0 amide bonds. The lowest BCUT2D eigenvalue weighted by atomic mass is 10.1. The molecule has 0 bridgehead atoms. The topological polar surface area (TPSA) is 58.6 Å². The van der Waals surface area contributed by atoms with Crippen molar-refractivity contribution in [3.8, 4) is 5.75 Å². The van der Waals surface area contributed by atoms with Gasteiger partial charge in [0.25, 0.3) is 0 Å². The molecular formula is C12H14FNO3. The Morgan fingerprint density at radius 1 is 1.59 bits per heavy atom. The Labute approximate surface area is 98.4 Å². The first kappa shape index (κ1) is 11.9. The van der Waals surface area contributed by atoms with Crippen molar-refractivity contribution in [1.29, 1.82) is 0 Å². The van der Waals surface area contributed by atoms with Crippen LogP contribution in [-0.2, 0) is 11.2 Å². The molecule has 1 fully saturated rings. The number of carboxylic acid groups (broad SMARTS) is 1. The predicted molar refractivity (Wildman–Crippen MR) is 59.6 cm³/mol. The summed E-state index contributed by atoms with van der Waals surface area (Å²) in [7, 11) is 0. The molecule has 2 N–H and O–H groups in total. The van der Waals surface area contributed by atoms with Gasteiger partial charge in [0.05, 0.1) is 6.42 Å². The van der Waals surface area contributed by atoms with Crippen LogP contribution in [0, 0.1) is 5.82 Å². The molecule has 1 aliphatic rings. The number of carboxylic acids is 1. The molecule has 1 saturated heterocycles. The molecule has 0 saturated carbocycles. The highest BCUT2D eigenvalue weighted by atomic mass is 19.1. The molecular weight excluding hydrogens is 225 g/mol. The molecule has 0 radical (unpaired) electrons. The first-order chi connectivity index (χ1) is 8.15. The second kappa shape index (κ2) is 5.14. The highest BCUT2D eigenvalue weighted by Crippen LogP contribution is 2.21. The summed E-state index contributed by atoms with van der Waals surface area (Å²) < 4.78 is 19.1. The number of hydrogen-bond acceptors (Lipinski definition) is 3. The van der Waals surface area contributed by atoms with E-state index in [1.54, 1.807) is 6.07 Å². The van der Waals surface area contributed by atoms with Gasteiger partial charge in [-0.3, -0.25) is 4.79 Å². The Kier molecular flexibility index (Phi) is 3.58. The van der Waals surface area contributed by atoms with E-state index in [1.807, 2.05) is 0 Å². The van der Waals surface area contributed by atoms with Crippen LogP contribution in [0.2, 0.25) is 0 Å². The monoisotopic (exact) mass is 239 g/mol. The zero-order chi connectivity index (χ0) is 12.3. The number of benzene rings is 1. The lowest BCUT2D eigenvalue weighted by Gasteiger charge is -2.13. The number of carbonyl (C=O) groups is 1. The van der Waals surface area contributed by atoms with Crippen LogP contribution in [0.5, 0.6) is 5.75 Å². The molecule has 1 unspecified atom stereocenters. The van der Waals surface area contributed by atoms with Crippen LogP contribution >= 0.6 is 0 Å². The Balaban J connectivity index is 2.05. The molecule has 0 spiro atoms. The Bertz CT molecular complexity index is 416. The molecule has 1 aliphatic heterocycles. The molecule has 1 atom stereocenters. The number of hydrogen-bond donors (Lipinski definition) is 2. The minimum absolute atomic E-state index is 0.00479. The van der Waals surface area contributed by atoms with Crippen LogP contribution in [0.3, 0.4) is 0 Å². The lowest BCUT2D eigenvalue weighted by Crippen LogP contribution is -2.20. The van der Waals surface area contributed by atoms with E-state index in [-0.39, 0.29) is 18.3 Å². The van der Waals surface area contributed by atoms with Gasteiger partial charge in [-0.2, -0.15) is 0 Å². The molecule has 1 heterocycles. The minimum Gasteiger partial charge on any atom is -0.486 e. The predicted octanol–water partition coefficient (Wildman–Crippen LogP) is 1.19. The van der Waals surface area contributed by atoms with Crippen LogP contribution in [0.4, 0.5) is 4.39 Å². The van der Waals surface area contributed by atoms with E-state index >= 15 is 0 Å². The summed E-state index contributed by atoms with van der Waals surface area (Å²) in [5.74, 6) is -1.29. The Morgan fingerprint density at radius 3 is 3.00 bits per heavy atom. The number of halogens is 1. The standard InChI is InChI=1S/C12H14FNO3/c13-10-5-8(6-12(15)16)1-2-11(10)17-9-3-4-14-7-9/h1-2,5,9,14H,3-4,6-7H2,(H,15,16). The van der Waals surface area contributed by atoms with E-state index in [9.17, 15) is 9.18 Å². The molecule has 17 heavy (non-hydrogen) atoms. The highest BCUT2D eigenvalue weighted by molar-refractivity contribution is 5.70. The van der Waals surface area contributed by atoms with Gasteiger partial charge in [-0.15, -0.1) is 0 Å². The third kappa shape index (κ3) is 3.17. The van der Waals surface area contributed by atoms with Gasteiger partial charge < -0.3 is 15.2 Å². The molecule has 0 aromatic heterocycles. The Hall–Kier alpha value is -1.62. The van der Waals surface area contributed by atoms with Crippen molar-refractivity contribution in [2.24, 2.45) is 0 Å². The number of ether oxygens (including phenoxy) is 1. The fourth-order valence-corrected chi connectivity index (χ4v) is 1.83. The SMILES string of the molecule is O=C(O)Cc1ccc(OC2CCNC2)c(F)c1.